The first kappa shape index (κ1) is 20.8. The number of nitrogens with zero attached hydrogens (tertiary/aromatic N) is 4. The molecule has 0 saturated carbocycles. The van der Waals surface area contributed by atoms with Gasteiger partial charge in [-0.1, -0.05) is 18.7 Å². The molecule has 0 bridgehead atoms. The van der Waals surface area contributed by atoms with Gasteiger partial charge in [0.05, 0.1) is 12.3 Å². The van der Waals surface area contributed by atoms with Crippen LogP contribution in [0.3, 0.4) is 0 Å². The number of rotatable bonds is 7. The van der Waals surface area contributed by atoms with Crippen LogP contribution in [-0.4, -0.2) is 41.1 Å². The number of ether oxygens (including phenoxy) is 1. The van der Waals surface area contributed by atoms with E-state index < -0.39 is 6.67 Å². The molecule has 0 unspecified atom stereocenters. The van der Waals surface area contributed by atoms with E-state index in [1.807, 2.05) is 31.0 Å². The van der Waals surface area contributed by atoms with Gasteiger partial charge < -0.3 is 10.1 Å². The average molecular weight is 425 g/mol. The van der Waals surface area contributed by atoms with Crippen molar-refractivity contribution in [2.24, 2.45) is 5.10 Å². The number of nitrogens with one attached hydrogen (secondary N) is 1. The third kappa shape index (κ3) is 3.97. The lowest BCUT2D eigenvalue weighted by Gasteiger charge is -2.25. The Balaban J connectivity index is 1.56. The highest BCUT2D eigenvalue weighted by atomic mass is 19.1. The second-order valence-corrected chi connectivity index (χ2v) is 7.39. The van der Waals surface area contributed by atoms with Crippen LogP contribution in [0.5, 0.6) is 5.75 Å². The van der Waals surface area contributed by atoms with E-state index in [2.05, 4.69) is 22.0 Å². The van der Waals surface area contributed by atoms with Gasteiger partial charge in [0.25, 0.3) is 0 Å². The maximum atomic E-state index is 14.5. The molecule has 1 N–H and O–H groups in total. The number of allylic oxidation sites excluding steroid dienone is 1. The van der Waals surface area contributed by atoms with Crippen molar-refractivity contribution in [3.63, 3.8) is 0 Å². The SMILES string of the molecule is C=C(NCc1c(F)ccc2c1CCO2)N1CN(C)N=C1/C(=C\C)c1cccnc1CF. The van der Waals surface area contributed by atoms with Gasteiger partial charge in [-0.2, -0.15) is 5.10 Å². The van der Waals surface area contributed by atoms with Crippen LogP contribution >= 0.6 is 0 Å². The lowest BCUT2D eigenvalue weighted by molar-refractivity contribution is 0.298. The smallest absolute Gasteiger partial charge is 0.163 e. The Hall–Kier alpha value is -3.42. The summed E-state index contributed by atoms with van der Waals surface area (Å²) in [5.74, 6) is 1.67. The summed E-state index contributed by atoms with van der Waals surface area (Å²) < 4.78 is 33.6. The highest BCUT2D eigenvalue weighted by Gasteiger charge is 2.28. The molecule has 8 heteroatoms. The molecule has 1 aromatic heterocycles. The number of hydrazone groups is 1. The maximum absolute atomic E-state index is 14.5. The predicted octanol–water partition coefficient (Wildman–Crippen LogP) is 3.81. The van der Waals surface area contributed by atoms with Gasteiger partial charge in [-0.3, -0.25) is 14.9 Å². The first-order valence-corrected chi connectivity index (χ1v) is 10.1. The molecule has 0 fully saturated rings. The van der Waals surface area contributed by atoms with E-state index >= 15 is 0 Å². The van der Waals surface area contributed by atoms with Gasteiger partial charge in [0.1, 0.15) is 30.7 Å². The quantitative estimate of drug-likeness (QED) is 0.731. The molecule has 0 radical (unpaired) electrons. The number of alkyl halides is 1. The number of pyridine rings is 1. The number of hydrogen-bond donors (Lipinski definition) is 1. The topological polar surface area (TPSA) is 53.0 Å². The molecule has 162 valence electrons. The van der Waals surface area contributed by atoms with Crippen molar-refractivity contribution in [2.75, 3.05) is 20.3 Å². The maximum Gasteiger partial charge on any atom is 0.163 e. The Morgan fingerprint density at radius 1 is 1.35 bits per heavy atom. The largest absolute Gasteiger partial charge is 0.493 e. The molecular weight excluding hydrogens is 400 g/mol. The molecule has 0 aliphatic carbocycles. The molecule has 2 aliphatic rings. The van der Waals surface area contributed by atoms with E-state index in [-0.39, 0.29) is 12.4 Å². The highest BCUT2D eigenvalue weighted by Crippen LogP contribution is 2.31. The zero-order valence-electron chi connectivity index (χ0n) is 17.7. The molecule has 0 saturated heterocycles. The van der Waals surface area contributed by atoms with Crippen LogP contribution in [-0.2, 0) is 19.6 Å². The minimum Gasteiger partial charge on any atom is -0.493 e. The van der Waals surface area contributed by atoms with Gasteiger partial charge in [-0.15, -0.1) is 0 Å². The zero-order valence-corrected chi connectivity index (χ0v) is 17.7. The van der Waals surface area contributed by atoms with Gasteiger partial charge in [0.2, 0.25) is 0 Å². The van der Waals surface area contributed by atoms with Crippen LogP contribution in [0.4, 0.5) is 8.78 Å². The zero-order chi connectivity index (χ0) is 22.0. The van der Waals surface area contributed by atoms with Crippen molar-refractivity contribution >= 4 is 11.4 Å². The van der Waals surface area contributed by atoms with Crippen molar-refractivity contribution < 1.29 is 13.5 Å². The Morgan fingerprint density at radius 2 is 2.19 bits per heavy atom. The third-order valence-electron chi connectivity index (χ3n) is 5.44. The first-order valence-electron chi connectivity index (χ1n) is 10.1. The monoisotopic (exact) mass is 425 g/mol. The standard InChI is InChI=1S/C23H25F2N5O/c1-4-16(17-6-5-10-26-21(17)12-24)23-28-29(3)14-30(23)15(2)27-13-19-18-9-11-31-22(18)8-7-20(19)25/h4-8,10,27H,2,9,11-14H2,1,3H3/b16-4-. The highest BCUT2D eigenvalue weighted by molar-refractivity contribution is 6.23. The molecule has 3 heterocycles. The summed E-state index contributed by atoms with van der Waals surface area (Å²) in [7, 11) is 1.85. The molecule has 6 nitrogen and oxygen atoms in total. The van der Waals surface area contributed by atoms with Gasteiger partial charge in [-0.25, -0.2) is 8.78 Å². The number of aromatic nitrogens is 1. The number of amidine groups is 1. The average Bonchev–Trinajstić information content (AvgIpc) is 3.40. The van der Waals surface area contributed by atoms with Crippen LogP contribution in [0.25, 0.3) is 5.57 Å². The van der Waals surface area contributed by atoms with E-state index in [1.54, 1.807) is 23.3 Å². The summed E-state index contributed by atoms with van der Waals surface area (Å²) in [4.78, 5) is 6.04. The minimum absolute atomic E-state index is 0.269. The summed E-state index contributed by atoms with van der Waals surface area (Å²) in [6.45, 7) is 6.66. The van der Waals surface area contributed by atoms with Crippen LogP contribution in [0.1, 0.15) is 29.3 Å². The predicted molar refractivity (Wildman–Crippen MR) is 116 cm³/mol. The van der Waals surface area contributed by atoms with Crippen LogP contribution in [0.2, 0.25) is 0 Å². The Labute approximate surface area is 180 Å². The number of hydrogen-bond acceptors (Lipinski definition) is 6. The lowest BCUT2D eigenvalue weighted by Crippen LogP contribution is -2.36. The molecular formula is C23H25F2N5O. The summed E-state index contributed by atoms with van der Waals surface area (Å²) >= 11 is 0. The van der Waals surface area contributed by atoms with Crippen LogP contribution in [0, 0.1) is 5.82 Å². The molecule has 0 spiro atoms. The Morgan fingerprint density at radius 3 is 2.97 bits per heavy atom. The van der Waals surface area contributed by atoms with E-state index in [0.717, 1.165) is 16.9 Å². The summed E-state index contributed by atoms with van der Waals surface area (Å²) in [5, 5.41) is 9.61. The third-order valence-corrected chi connectivity index (χ3v) is 5.44. The van der Waals surface area contributed by atoms with Crippen molar-refractivity contribution in [3.8, 4) is 5.75 Å². The van der Waals surface area contributed by atoms with Crippen molar-refractivity contribution in [1.82, 2.24) is 20.2 Å². The van der Waals surface area contributed by atoms with Crippen molar-refractivity contribution in [2.45, 2.75) is 26.6 Å². The van der Waals surface area contributed by atoms with E-state index in [0.29, 0.717) is 48.2 Å². The minimum atomic E-state index is -0.670. The molecule has 31 heavy (non-hydrogen) atoms. The fraction of sp³-hybridized carbons (Fsp3) is 0.304. The summed E-state index contributed by atoms with van der Waals surface area (Å²) in [6.07, 6.45) is 4.14. The molecule has 2 aromatic rings. The normalized spacial score (nSPS) is 15.6. The molecule has 0 amide bonds. The van der Waals surface area contributed by atoms with E-state index in [4.69, 9.17) is 4.74 Å². The van der Waals surface area contributed by atoms with E-state index in [9.17, 15) is 8.78 Å². The fourth-order valence-corrected chi connectivity index (χ4v) is 3.92. The van der Waals surface area contributed by atoms with Gasteiger partial charge in [-0.05, 0) is 25.1 Å². The number of benzene rings is 1. The van der Waals surface area contributed by atoms with Gasteiger partial charge in [0.15, 0.2) is 5.84 Å². The van der Waals surface area contributed by atoms with Crippen LogP contribution in [0.15, 0.2) is 54.0 Å². The molecule has 2 aliphatic heterocycles. The van der Waals surface area contributed by atoms with E-state index in [1.165, 1.54) is 6.07 Å². The fourth-order valence-electron chi connectivity index (χ4n) is 3.92. The lowest BCUT2D eigenvalue weighted by atomic mass is 10.0. The van der Waals surface area contributed by atoms with Crippen LogP contribution < -0.4 is 10.1 Å². The Bertz CT molecular complexity index is 1070. The first-order chi connectivity index (χ1) is 15.0. The molecule has 1 aromatic carbocycles. The van der Waals surface area contributed by atoms with Crippen molar-refractivity contribution in [3.05, 3.63) is 77.1 Å². The van der Waals surface area contributed by atoms with Crippen molar-refractivity contribution in [1.29, 1.82) is 0 Å². The summed E-state index contributed by atoms with van der Waals surface area (Å²) in [6, 6.07) is 6.70. The van der Waals surface area contributed by atoms with Gasteiger partial charge >= 0.3 is 0 Å². The summed E-state index contributed by atoms with van der Waals surface area (Å²) in [5.41, 5.74) is 3.27. The number of fused-ring (bicyclic) bond motifs is 1. The second-order valence-electron chi connectivity index (χ2n) is 7.39. The number of halogens is 2. The van der Waals surface area contributed by atoms with Gasteiger partial charge in [0, 0.05) is 48.5 Å². The second kappa shape index (κ2) is 8.75. The molecule has 4 rings (SSSR count). The Kier molecular flexibility index (Phi) is 5.88. The molecule has 0 atom stereocenters.